The largest absolute Gasteiger partial charge is 0.492 e. The van der Waals surface area contributed by atoms with Crippen molar-refractivity contribution in [3.05, 3.63) is 70.9 Å². The molecule has 2 N–H and O–H groups in total. The normalized spacial score (nSPS) is 15.6. The first-order chi connectivity index (χ1) is 15.7. The highest BCUT2D eigenvalue weighted by molar-refractivity contribution is 6.32. The Morgan fingerprint density at radius 3 is 2.73 bits per heavy atom. The summed E-state index contributed by atoms with van der Waals surface area (Å²) in [7, 11) is 3.21. The summed E-state index contributed by atoms with van der Waals surface area (Å²) in [6.07, 6.45) is 2.26. The molecule has 1 aromatic heterocycles. The summed E-state index contributed by atoms with van der Waals surface area (Å²) in [5, 5.41) is 10.4. The molecule has 2 aromatic carbocycles. The summed E-state index contributed by atoms with van der Waals surface area (Å²) in [5.74, 6) is -2.04. The average Bonchev–Trinajstić information content (AvgIpc) is 3.22. The first-order valence-corrected chi connectivity index (χ1v) is 10.8. The fourth-order valence-corrected chi connectivity index (χ4v) is 3.96. The molecule has 3 aromatic rings. The number of benzene rings is 2. The summed E-state index contributed by atoms with van der Waals surface area (Å²) >= 11 is 6.18. The molecule has 0 saturated heterocycles. The molecule has 1 aliphatic heterocycles. The number of urea groups is 1. The van der Waals surface area contributed by atoms with Crippen LogP contribution in [0.4, 0.5) is 19.4 Å². The highest BCUT2D eigenvalue weighted by Gasteiger charge is 2.32. The van der Waals surface area contributed by atoms with Gasteiger partial charge in [0.15, 0.2) is 5.82 Å². The minimum atomic E-state index is -2.95. The van der Waals surface area contributed by atoms with E-state index in [2.05, 4.69) is 15.7 Å². The number of rotatable bonds is 6. The van der Waals surface area contributed by atoms with E-state index >= 15 is 0 Å². The second kappa shape index (κ2) is 9.36. The molecule has 0 aliphatic carbocycles. The number of alkyl halides is 2. The lowest BCUT2D eigenvalue weighted by Gasteiger charge is -2.27. The van der Waals surface area contributed by atoms with Crippen molar-refractivity contribution in [2.75, 3.05) is 32.6 Å². The zero-order valence-electron chi connectivity index (χ0n) is 18.2. The van der Waals surface area contributed by atoms with Crippen molar-refractivity contribution in [1.82, 2.24) is 20.0 Å². The van der Waals surface area contributed by atoms with E-state index < -0.39 is 12.0 Å². The predicted molar refractivity (Wildman–Crippen MR) is 122 cm³/mol. The van der Waals surface area contributed by atoms with Gasteiger partial charge >= 0.3 is 6.03 Å². The highest BCUT2D eigenvalue weighted by atomic mass is 35.5. The van der Waals surface area contributed by atoms with Crippen LogP contribution in [0.15, 0.2) is 54.7 Å². The molecule has 0 fully saturated rings. The van der Waals surface area contributed by atoms with Crippen molar-refractivity contribution in [1.29, 1.82) is 0 Å². The molecule has 0 unspecified atom stereocenters. The lowest BCUT2D eigenvalue weighted by molar-refractivity contribution is -0.0269. The summed E-state index contributed by atoms with van der Waals surface area (Å²) in [6, 6.07) is 12.3. The number of nitrogens with one attached hydrogen (secondary N) is 2. The monoisotopic (exact) mass is 475 g/mol. The van der Waals surface area contributed by atoms with Crippen LogP contribution in [-0.2, 0) is 5.92 Å². The van der Waals surface area contributed by atoms with Gasteiger partial charge in [-0.15, -0.1) is 5.10 Å². The van der Waals surface area contributed by atoms with Crippen LogP contribution in [0.1, 0.15) is 23.6 Å². The first kappa shape index (κ1) is 23.0. The van der Waals surface area contributed by atoms with E-state index in [-0.39, 0.29) is 18.2 Å². The Kier molecular flexibility index (Phi) is 6.53. The van der Waals surface area contributed by atoms with Gasteiger partial charge in [-0.05, 0) is 32.3 Å². The van der Waals surface area contributed by atoms with Crippen LogP contribution >= 0.6 is 11.6 Å². The van der Waals surface area contributed by atoms with Crippen molar-refractivity contribution in [2.24, 2.45) is 0 Å². The number of nitrogens with zero attached hydrogens (tertiary/aromatic N) is 3. The second-order valence-corrected chi connectivity index (χ2v) is 8.49. The second-order valence-electron chi connectivity index (χ2n) is 8.08. The summed E-state index contributed by atoms with van der Waals surface area (Å²) in [4.78, 5) is 14.0. The van der Waals surface area contributed by atoms with Crippen molar-refractivity contribution in [3.8, 4) is 11.4 Å². The van der Waals surface area contributed by atoms with Crippen LogP contribution in [0.5, 0.6) is 5.75 Å². The molecule has 4 rings (SSSR count). The quantitative estimate of drug-likeness (QED) is 0.536. The van der Waals surface area contributed by atoms with Gasteiger partial charge in [-0.25, -0.2) is 9.48 Å². The molecule has 10 heteroatoms. The molecular formula is C23H24ClF2N5O2. The number of para-hydroxylation sites is 1. The third-order valence-electron chi connectivity index (χ3n) is 5.23. The Morgan fingerprint density at radius 1 is 1.24 bits per heavy atom. The summed E-state index contributed by atoms with van der Waals surface area (Å²) in [5.41, 5.74) is 1.35. The van der Waals surface area contributed by atoms with E-state index in [1.54, 1.807) is 44.6 Å². The maximum absolute atomic E-state index is 14.3. The molecule has 2 amide bonds. The minimum Gasteiger partial charge on any atom is -0.492 e. The fraction of sp³-hybridized carbons (Fsp3) is 0.304. The van der Waals surface area contributed by atoms with Gasteiger partial charge < -0.3 is 15.0 Å². The number of ether oxygens (including phenoxy) is 1. The van der Waals surface area contributed by atoms with E-state index in [4.69, 9.17) is 16.3 Å². The third-order valence-corrected chi connectivity index (χ3v) is 5.53. The zero-order chi connectivity index (χ0) is 23.6. The Morgan fingerprint density at radius 2 is 2.00 bits per heavy atom. The Hall–Kier alpha value is -3.17. The zero-order valence-corrected chi connectivity index (χ0v) is 18.9. The Balaban J connectivity index is 1.40. The van der Waals surface area contributed by atoms with E-state index in [1.807, 2.05) is 12.1 Å². The van der Waals surface area contributed by atoms with Gasteiger partial charge in [-0.3, -0.25) is 5.32 Å². The SMILES string of the molecule is CN(C)CC(F)(F)c1ccc(-n2ccc(NC(=O)N[C@H]3CCOc4c(Cl)cccc43)n2)cc1. The van der Waals surface area contributed by atoms with Gasteiger partial charge in [0.1, 0.15) is 5.75 Å². The third kappa shape index (κ3) is 5.26. The molecule has 0 bridgehead atoms. The number of halogens is 3. The molecule has 33 heavy (non-hydrogen) atoms. The molecule has 0 radical (unpaired) electrons. The van der Waals surface area contributed by atoms with Crippen molar-refractivity contribution >= 4 is 23.4 Å². The van der Waals surface area contributed by atoms with Crippen molar-refractivity contribution in [3.63, 3.8) is 0 Å². The molecular weight excluding hydrogens is 452 g/mol. The van der Waals surface area contributed by atoms with Gasteiger partial charge in [0.05, 0.1) is 29.9 Å². The number of likely N-dealkylation sites (N-methyl/N-ethyl adjacent to an activating group) is 1. The predicted octanol–water partition coefficient (Wildman–Crippen LogP) is 4.82. The summed E-state index contributed by atoms with van der Waals surface area (Å²) < 4.78 is 35.6. The van der Waals surface area contributed by atoms with Crippen LogP contribution < -0.4 is 15.4 Å². The van der Waals surface area contributed by atoms with Gasteiger partial charge in [0.25, 0.3) is 5.92 Å². The number of anilines is 1. The topological polar surface area (TPSA) is 71.4 Å². The lowest BCUT2D eigenvalue weighted by Crippen LogP contribution is -2.35. The maximum atomic E-state index is 14.3. The number of carbonyl (C=O) groups excluding carboxylic acids is 1. The van der Waals surface area contributed by atoms with E-state index in [9.17, 15) is 13.6 Å². The van der Waals surface area contributed by atoms with Crippen molar-refractivity contribution < 1.29 is 18.3 Å². The molecule has 0 spiro atoms. The number of fused-ring (bicyclic) bond motifs is 1. The maximum Gasteiger partial charge on any atom is 0.320 e. The Labute approximate surface area is 195 Å². The Bertz CT molecular complexity index is 1130. The number of carbonyl (C=O) groups is 1. The van der Waals surface area contributed by atoms with Crippen LogP contribution in [0.3, 0.4) is 0 Å². The molecule has 2 heterocycles. The molecule has 7 nitrogen and oxygen atoms in total. The van der Waals surface area contributed by atoms with Crippen LogP contribution in [0, 0.1) is 0 Å². The summed E-state index contributed by atoms with van der Waals surface area (Å²) in [6.45, 7) is 0.0704. The van der Waals surface area contributed by atoms with Gasteiger partial charge in [-0.1, -0.05) is 35.9 Å². The number of aromatic nitrogens is 2. The van der Waals surface area contributed by atoms with Crippen LogP contribution in [0.2, 0.25) is 5.02 Å². The number of hydrogen-bond acceptors (Lipinski definition) is 4. The average molecular weight is 476 g/mol. The van der Waals surface area contributed by atoms with Gasteiger partial charge in [0.2, 0.25) is 0 Å². The molecule has 1 aliphatic rings. The molecule has 174 valence electrons. The van der Waals surface area contributed by atoms with Gasteiger partial charge in [0, 0.05) is 29.8 Å². The molecule has 1 atom stereocenters. The first-order valence-electron chi connectivity index (χ1n) is 10.4. The van der Waals surface area contributed by atoms with Gasteiger partial charge in [-0.2, -0.15) is 8.78 Å². The number of hydrogen-bond donors (Lipinski definition) is 2. The highest BCUT2D eigenvalue weighted by Crippen LogP contribution is 2.37. The van der Waals surface area contributed by atoms with Crippen molar-refractivity contribution in [2.45, 2.75) is 18.4 Å². The lowest BCUT2D eigenvalue weighted by atomic mass is 10.0. The van der Waals surface area contributed by atoms with E-state index in [1.165, 1.54) is 21.7 Å². The standard InChI is InChI=1S/C23H24ClF2N5O2/c1-30(2)14-23(25,26)15-6-8-16(9-7-15)31-12-10-20(29-31)28-22(32)27-19-11-13-33-21-17(19)4-3-5-18(21)24/h3-10,12,19H,11,13-14H2,1-2H3,(H2,27,28,29,32)/t19-/m0/s1. The van der Waals surface area contributed by atoms with Crippen LogP contribution in [0.25, 0.3) is 5.69 Å². The van der Waals surface area contributed by atoms with E-state index in [0.717, 1.165) is 5.56 Å². The smallest absolute Gasteiger partial charge is 0.320 e. The fourth-order valence-electron chi connectivity index (χ4n) is 3.73. The number of amides is 2. The molecule has 0 saturated carbocycles. The van der Waals surface area contributed by atoms with E-state index in [0.29, 0.717) is 35.3 Å². The van der Waals surface area contributed by atoms with Crippen LogP contribution in [-0.4, -0.2) is 48.0 Å². The minimum absolute atomic E-state index is 0.0679.